The number of hydrogen-bond acceptors (Lipinski definition) is 5. The number of aryl methyl sites for hydroxylation is 1. The van der Waals surface area contributed by atoms with Crippen LogP contribution in [0, 0.1) is 12.7 Å². The average Bonchev–Trinajstić information content (AvgIpc) is 2.70. The van der Waals surface area contributed by atoms with Crippen molar-refractivity contribution in [2.45, 2.75) is 24.3 Å². The number of carbonyl (C=O) groups excluding carboxylic acids is 2. The van der Waals surface area contributed by atoms with Crippen LogP contribution in [0.4, 0.5) is 10.1 Å². The largest absolute Gasteiger partial charge is 0.366 e. The zero-order chi connectivity index (χ0) is 21.7. The maximum Gasteiger partial charge on any atom is 0.255 e. The molecule has 30 heavy (non-hydrogen) atoms. The van der Waals surface area contributed by atoms with Crippen LogP contribution in [0.2, 0.25) is 0 Å². The van der Waals surface area contributed by atoms with Crippen LogP contribution >= 0.6 is 11.8 Å². The number of para-hydroxylation sites is 1. The smallest absolute Gasteiger partial charge is 0.255 e. The fourth-order valence-corrected chi connectivity index (χ4v) is 3.62. The molecule has 0 unspecified atom stereocenters. The molecule has 0 fully saturated rings. The van der Waals surface area contributed by atoms with Crippen LogP contribution < -0.4 is 16.6 Å². The topological polar surface area (TPSA) is 118 Å². The summed E-state index contributed by atoms with van der Waals surface area (Å²) in [6.07, 6.45) is -0.204. The van der Waals surface area contributed by atoms with Gasteiger partial charge in [0.2, 0.25) is 5.91 Å². The standard InChI is InChI=1S/C21H19FN4O3S/c1-12-16(10-18(27)25-17-5-3-2-4-15(17)19(23)28)20(29)26-21(24-12)30-11-13-6-8-14(22)9-7-13/h2-9H,10-11H2,1H3,(H2,23,28)(H,25,27)(H,24,26,29). The van der Waals surface area contributed by atoms with Crippen molar-refractivity contribution >= 4 is 29.3 Å². The molecule has 154 valence electrons. The molecule has 0 aliphatic rings. The van der Waals surface area contributed by atoms with Gasteiger partial charge in [0.1, 0.15) is 5.82 Å². The van der Waals surface area contributed by atoms with Crippen LogP contribution in [0.3, 0.4) is 0 Å². The molecule has 2 amide bonds. The maximum atomic E-state index is 13.0. The minimum Gasteiger partial charge on any atom is -0.366 e. The molecule has 0 radical (unpaired) electrons. The number of aromatic nitrogens is 2. The number of anilines is 1. The summed E-state index contributed by atoms with van der Waals surface area (Å²) in [5.41, 5.74) is 6.91. The lowest BCUT2D eigenvalue weighted by Gasteiger charge is -2.10. The van der Waals surface area contributed by atoms with E-state index in [2.05, 4.69) is 15.3 Å². The second-order valence-corrected chi connectivity index (χ2v) is 7.45. The van der Waals surface area contributed by atoms with Gasteiger partial charge in [0, 0.05) is 17.0 Å². The van der Waals surface area contributed by atoms with Gasteiger partial charge in [-0.05, 0) is 36.8 Å². The van der Waals surface area contributed by atoms with Crippen molar-refractivity contribution in [3.05, 3.63) is 87.1 Å². The second kappa shape index (κ2) is 9.36. The summed E-state index contributed by atoms with van der Waals surface area (Å²) in [4.78, 5) is 43.4. The molecule has 0 spiro atoms. The maximum absolute atomic E-state index is 13.0. The van der Waals surface area contributed by atoms with Crippen LogP contribution in [0.5, 0.6) is 0 Å². The highest BCUT2D eigenvalue weighted by Crippen LogP contribution is 2.20. The van der Waals surface area contributed by atoms with Gasteiger partial charge in [-0.15, -0.1) is 0 Å². The SMILES string of the molecule is Cc1nc(SCc2ccc(F)cc2)[nH]c(=O)c1CC(=O)Nc1ccccc1C(N)=O. The summed E-state index contributed by atoms with van der Waals surface area (Å²) < 4.78 is 13.0. The Bertz CT molecular complexity index is 1150. The lowest BCUT2D eigenvalue weighted by molar-refractivity contribution is -0.115. The van der Waals surface area contributed by atoms with Crippen molar-refractivity contribution in [1.82, 2.24) is 9.97 Å². The monoisotopic (exact) mass is 426 g/mol. The molecule has 0 aliphatic carbocycles. The Morgan fingerprint density at radius 2 is 1.87 bits per heavy atom. The lowest BCUT2D eigenvalue weighted by atomic mass is 10.1. The van der Waals surface area contributed by atoms with E-state index < -0.39 is 17.4 Å². The van der Waals surface area contributed by atoms with E-state index in [0.717, 1.165) is 5.56 Å². The number of amides is 2. The highest BCUT2D eigenvalue weighted by molar-refractivity contribution is 7.98. The van der Waals surface area contributed by atoms with Crippen molar-refractivity contribution in [2.24, 2.45) is 5.73 Å². The first kappa shape index (κ1) is 21.3. The van der Waals surface area contributed by atoms with Crippen molar-refractivity contribution in [3.8, 4) is 0 Å². The van der Waals surface area contributed by atoms with Crippen LogP contribution in [0.25, 0.3) is 0 Å². The van der Waals surface area contributed by atoms with E-state index in [1.807, 2.05) is 0 Å². The summed E-state index contributed by atoms with van der Waals surface area (Å²) >= 11 is 1.30. The first-order chi connectivity index (χ1) is 14.3. The van der Waals surface area contributed by atoms with Crippen molar-refractivity contribution < 1.29 is 14.0 Å². The van der Waals surface area contributed by atoms with E-state index in [1.165, 1.54) is 30.0 Å². The molecule has 0 saturated carbocycles. The Balaban J connectivity index is 1.69. The number of hydrogen-bond donors (Lipinski definition) is 3. The Morgan fingerprint density at radius 3 is 2.53 bits per heavy atom. The molecule has 7 nitrogen and oxygen atoms in total. The highest BCUT2D eigenvalue weighted by Gasteiger charge is 2.15. The van der Waals surface area contributed by atoms with Crippen LogP contribution in [-0.4, -0.2) is 21.8 Å². The number of benzene rings is 2. The number of primary amides is 1. The summed E-state index contributed by atoms with van der Waals surface area (Å²) in [6.45, 7) is 1.65. The zero-order valence-corrected chi connectivity index (χ0v) is 16.9. The van der Waals surface area contributed by atoms with Gasteiger partial charge in [0.25, 0.3) is 11.5 Å². The van der Waals surface area contributed by atoms with E-state index in [0.29, 0.717) is 16.6 Å². The predicted molar refractivity (Wildman–Crippen MR) is 113 cm³/mol. The molecule has 1 aromatic heterocycles. The molecular weight excluding hydrogens is 407 g/mol. The van der Waals surface area contributed by atoms with Gasteiger partial charge in [-0.2, -0.15) is 0 Å². The molecule has 0 bridgehead atoms. The molecule has 1 heterocycles. The van der Waals surface area contributed by atoms with Gasteiger partial charge in [0.05, 0.1) is 17.7 Å². The number of rotatable bonds is 7. The number of thioether (sulfide) groups is 1. The van der Waals surface area contributed by atoms with Crippen LogP contribution in [0.15, 0.2) is 58.5 Å². The predicted octanol–water partition coefficient (Wildman–Crippen LogP) is 2.79. The fourth-order valence-electron chi connectivity index (χ4n) is 2.76. The van der Waals surface area contributed by atoms with E-state index in [1.54, 1.807) is 37.3 Å². The second-order valence-electron chi connectivity index (χ2n) is 6.48. The molecule has 9 heteroatoms. The lowest BCUT2D eigenvalue weighted by Crippen LogP contribution is -2.25. The first-order valence-corrected chi connectivity index (χ1v) is 9.98. The quantitative estimate of drug-likeness (QED) is 0.397. The number of H-pyrrole nitrogens is 1. The third kappa shape index (κ3) is 5.32. The van der Waals surface area contributed by atoms with Crippen molar-refractivity contribution in [1.29, 1.82) is 0 Å². The zero-order valence-electron chi connectivity index (χ0n) is 16.1. The van der Waals surface area contributed by atoms with E-state index >= 15 is 0 Å². The number of nitrogens with one attached hydrogen (secondary N) is 2. The third-order valence-corrected chi connectivity index (χ3v) is 5.24. The van der Waals surface area contributed by atoms with Crippen LogP contribution in [0.1, 0.15) is 27.2 Å². The number of nitrogens with zero attached hydrogens (tertiary/aromatic N) is 1. The molecule has 4 N–H and O–H groups in total. The van der Waals surface area contributed by atoms with Crippen LogP contribution in [-0.2, 0) is 17.0 Å². The average molecular weight is 426 g/mol. The van der Waals surface area contributed by atoms with Gasteiger partial charge >= 0.3 is 0 Å². The van der Waals surface area contributed by atoms with Gasteiger partial charge in [-0.1, -0.05) is 36.0 Å². The Hall–Kier alpha value is -3.46. The molecule has 3 aromatic rings. The Morgan fingerprint density at radius 1 is 1.17 bits per heavy atom. The minimum absolute atomic E-state index is 0.183. The van der Waals surface area contributed by atoms with E-state index in [-0.39, 0.29) is 29.1 Å². The summed E-state index contributed by atoms with van der Waals surface area (Å²) in [7, 11) is 0. The third-order valence-electron chi connectivity index (χ3n) is 4.29. The molecule has 2 aromatic carbocycles. The molecule has 0 atom stereocenters. The van der Waals surface area contributed by atoms with Gasteiger partial charge < -0.3 is 16.0 Å². The Kier molecular flexibility index (Phi) is 6.63. The summed E-state index contributed by atoms with van der Waals surface area (Å²) in [5.74, 6) is -0.936. The van der Waals surface area contributed by atoms with E-state index in [9.17, 15) is 18.8 Å². The van der Waals surface area contributed by atoms with Crippen molar-refractivity contribution in [2.75, 3.05) is 5.32 Å². The highest BCUT2D eigenvalue weighted by atomic mass is 32.2. The minimum atomic E-state index is -0.663. The van der Waals surface area contributed by atoms with E-state index in [4.69, 9.17) is 5.73 Å². The van der Waals surface area contributed by atoms with Crippen molar-refractivity contribution in [3.63, 3.8) is 0 Å². The number of nitrogens with two attached hydrogens (primary N) is 1. The number of carbonyl (C=O) groups is 2. The molecular formula is C21H19FN4O3S. The normalized spacial score (nSPS) is 10.6. The number of halogens is 1. The van der Waals surface area contributed by atoms with Gasteiger partial charge in [-0.3, -0.25) is 14.4 Å². The molecule has 3 rings (SSSR count). The first-order valence-electron chi connectivity index (χ1n) is 8.99. The van der Waals surface area contributed by atoms with Gasteiger partial charge in [0.15, 0.2) is 5.16 Å². The summed E-state index contributed by atoms with van der Waals surface area (Å²) in [5, 5.41) is 3.01. The summed E-state index contributed by atoms with van der Waals surface area (Å²) in [6, 6.07) is 12.4. The molecule has 0 saturated heterocycles. The molecule has 0 aliphatic heterocycles. The van der Waals surface area contributed by atoms with Gasteiger partial charge in [-0.25, -0.2) is 9.37 Å². The Labute approximate surface area is 175 Å². The fraction of sp³-hybridized carbons (Fsp3) is 0.143. The number of aromatic amines is 1.